The van der Waals surface area contributed by atoms with Gasteiger partial charge in [0, 0.05) is 18.5 Å². The van der Waals surface area contributed by atoms with Gasteiger partial charge in [-0.15, -0.1) is 6.58 Å². The molecule has 0 aliphatic heterocycles. The van der Waals surface area contributed by atoms with Gasteiger partial charge in [0.05, 0.1) is 5.92 Å². The molecule has 2 aromatic carbocycles. The normalized spacial score (nSPS) is 18.8. The second-order valence-electron chi connectivity index (χ2n) is 8.51. The fourth-order valence-corrected chi connectivity index (χ4v) is 5.01. The third-order valence-electron chi connectivity index (χ3n) is 6.47. The summed E-state index contributed by atoms with van der Waals surface area (Å²) >= 11 is 0. The highest BCUT2D eigenvalue weighted by Crippen LogP contribution is 2.44. The van der Waals surface area contributed by atoms with Crippen LogP contribution in [-0.2, 0) is 14.3 Å². The largest absolute Gasteiger partial charge is 0.480 e. The SMILES string of the molecule is C=CCN(CC(=O)O)C(=O)[C@@H]1CCC[C@@H]1NC(=O)OCC1c2ccccc2-c2ccccc21. The molecule has 0 aromatic heterocycles. The number of nitrogens with one attached hydrogen (secondary N) is 1. The quantitative estimate of drug-likeness (QED) is 0.599. The summed E-state index contributed by atoms with van der Waals surface area (Å²) < 4.78 is 5.62. The maximum Gasteiger partial charge on any atom is 0.407 e. The number of carboxylic acid groups (broad SMARTS) is 1. The Kier molecular flexibility index (Phi) is 6.77. The van der Waals surface area contributed by atoms with E-state index in [0.717, 1.165) is 28.7 Å². The number of hydrogen-bond donors (Lipinski definition) is 2. The fourth-order valence-electron chi connectivity index (χ4n) is 5.01. The lowest BCUT2D eigenvalue weighted by Crippen LogP contribution is -2.47. The Morgan fingerprint density at radius 1 is 1.06 bits per heavy atom. The Hall–Kier alpha value is -3.61. The number of amides is 2. The summed E-state index contributed by atoms with van der Waals surface area (Å²) in [6, 6.07) is 15.9. The third kappa shape index (κ3) is 4.77. The van der Waals surface area contributed by atoms with Gasteiger partial charge in [0.2, 0.25) is 5.91 Å². The van der Waals surface area contributed by atoms with Gasteiger partial charge in [-0.3, -0.25) is 9.59 Å². The summed E-state index contributed by atoms with van der Waals surface area (Å²) in [5.41, 5.74) is 4.58. The van der Waals surface area contributed by atoms with Crippen LogP contribution in [0, 0.1) is 5.92 Å². The van der Waals surface area contributed by atoms with E-state index in [1.165, 1.54) is 11.0 Å². The number of carboxylic acids is 1. The van der Waals surface area contributed by atoms with Crippen LogP contribution in [0.1, 0.15) is 36.3 Å². The Morgan fingerprint density at radius 3 is 2.30 bits per heavy atom. The van der Waals surface area contributed by atoms with Gasteiger partial charge in [0.1, 0.15) is 13.2 Å². The average molecular weight is 449 g/mol. The zero-order valence-electron chi connectivity index (χ0n) is 18.4. The predicted molar refractivity (Wildman–Crippen MR) is 124 cm³/mol. The molecule has 7 heteroatoms. The summed E-state index contributed by atoms with van der Waals surface area (Å²) in [4.78, 5) is 38.0. The fraction of sp³-hybridized carbons (Fsp3) is 0.346. The molecule has 7 nitrogen and oxygen atoms in total. The molecular formula is C26H28N2O5. The molecule has 2 N–H and O–H groups in total. The van der Waals surface area contributed by atoms with E-state index in [1.54, 1.807) is 0 Å². The van der Waals surface area contributed by atoms with E-state index in [1.807, 2.05) is 24.3 Å². The second-order valence-corrected chi connectivity index (χ2v) is 8.51. The van der Waals surface area contributed by atoms with Crippen LogP contribution in [0.3, 0.4) is 0 Å². The molecule has 1 fully saturated rings. The minimum absolute atomic E-state index is 0.0391. The summed E-state index contributed by atoms with van der Waals surface area (Å²) in [5, 5.41) is 12.0. The number of hydrogen-bond acceptors (Lipinski definition) is 4. The van der Waals surface area contributed by atoms with Crippen LogP contribution >= 0.6 is 0 Å². The van der Waals surface area contributed by atoms with Crippen LogP contribution in [0.25, 0.3) is 11.1 Å². The number of carbonyl (C=O) groups is 3. The van der Waals surface area contributed by atoms with Gasteiger partial charge in [-0.25, -0.2) is 4.79 Å². The van der Waals surface area contributed by atoms with Crippen molar-refractivity contribution in [2.24, 2.45) is 5.92 Å². The van der Waals surface area contributed by atoms with E-state index in [9.17, 15) is 14.4 Å². The molecular weight excluding hydrogens is 420 g/mol. The zero-order valence-corrected chi connectivity index (χ0v) is 18.4. The molecule has 2 aliphatic carbocycles. The molecule has 0 heterocycles. The van der Waals surface area contributed by atoms with Crippen molar-refractivity contribution in [1.82, 2.24) is 10.2 Å². The summed E-state index contributed by atoms with van der Waals surface area (Å²) in [6.45, 7) is 3.57. The van der Waals surface area contributed by atoms with E-state index < -0.39 is 18.0 Å². The van der Waals surface area contributed by atoms with Gasteiger partial charge < -0.3 is 20.1 Å². The number of alkyl carbamates (subject to hydrolysis) is 1. The van der Waals surface area contributed by atoms with Crippen molar-refractivity contribution in [3.8, 4) is 11.1 Å². The highest BCUT2D eigenvalue weighted by molar-refractivity contribution is 5.84. The van der Waals surface area contributed by atoms with Crippen molar-refractivity contribution in [1.29, 1.82) is 0 Å². The van der Waals surface area contributed by atoms with Crippen molar-refractivity contribution in [3.63, 3.8) is 0 Å². The van der Waals surface area contributed by atoms with Crippen molar-refractivity contribution >= 4 is 18.0 Å². The number of carbonyl (C=O) groups excluding carboxylic acids is 2. The van der Waals surface area contributed by atoms with Crippen molar-refractivity contribution in [2.75, 3.05) is 19.7 Å². The first-order valence-electron chi connectivity index (χ1n) is 11.2. The maximum absolute atomic E-state index is 12.9. The molecule has 0 saturated heterocycles. The second kappa shape index (κ2) is 9.90. The van der Waals surface area contributed by atoms with E-state index >= 15 is 0 Å². The zero-order chi connectivity index (χ0) is 23.4. The molecule has 0 radical (unpaired) electrons. The molecule has 172 valence electrons. The molecule has 33 heavy (non-hydrogen) atoms. The van der Waals surface area contributed by atoms with Crippen LogP contribution < -0.4 is 5.32 Å². The molecule has 4 rings (SSSR count). The molecule has 2 amide bonds. The summed E-state index contributed by atoms with van der Waals surface area (Å²) in [5.74, 6) is -1.87. The van der Waals surface area contributed by atoms with Gasteiger partial charge in [0.15, 0.2) is 0 Å². The monoisotopic (exact) mass is 448 g/mol. The van der Waals surface area contributed by atoms with Crippen molar-refractivity contribution in [2.45, 2.75) is 31.2 Å². The van der Waals surface area contributed by atoms with Crippen LogP contribution in [0.15, 0.2) is 61.2 Å². The third-order valence-corrected chi connectivity index (χ3v) is 6.47. The van der Waals surface area contributed by atoms with Gasteiger partial charge in [-0.05, 0) is 35.1 Å². The number of fused-ring (bicyclic) bond motifs is 3. The van der Waals surface area contributed by atoms with Gasteiger partial charge in [0.25, 0.3) is 0 Å². The molecule has 2 aromatic rings. The smallest absolute Gasteiger partial charge is 0.407 e. The number of benzene rings is 2. The van der Waals surface area contributed by atoms with Gasteiger partial charge >= 0.3 is 12.1 Å². The van der Waals surface area contributed by atoms with Gasteiger partial charge in [-0.2, -0.15) is 0 Å². The Bertz CT molecular complexity index is 1020. The summed E-state index contributed by atoms with van der Waals surface area (Å²) in [7, 11) is 0. The number of aliphatic carboxylic acids is 1. The minimum atomic E-state index is -1.08. The molecule has 1 saturated carbocycles. The first kappa shape index (κ1) is 22.6. The van der Waals surface area contributed by atoms with Crippen LogP contribution in [0.2, 0.25) is 0 Å². The van der Waals surface area contributed by atoms with Gasteiger partial charge in [-0.1, -0.05) is 61.0 Å². The van der Waals surface area contributed by atoms with E-state index in [2.05, 4.69) is 36.2 Å². The molecule has 2 aliphatic rings. The molecule has 0 spiro atoms. The van der Waals surface area contributed by atoms with Crippen molar-refractivity contribution in [3.05, 3.63) is 72.3 Å². The van der Waals surface area contributed by atoms with E-state index in [4.69, 9.17) is 9.84 Å². The molecule has 0 bridgehead atoms. The number of ether oxygens (including phenoxy) is 1. The predicted octanol–water partition coefficient (Wildman–Crippen LogP) is 3.79. The Labute approximate surface area is 193 Å². The van der Waals surface area contributed by atoms with Crippen molar-refractivity contribution < 1.29 is 24.2 Å². The van der Waals surface area contributed by atoms with E-state index in [-0.39, 0.29) is 37.6 Å². The summed E-state index contributed by atoms with van der Waals surface area (Å²) in [6.07, 6.45) is 2.97. The lowest BCUT2D eigenvalue weighted by molar-refractivity contribution is -0.146. The highest BCUT2D eigenvalue weighted by atomic mass is 16.5. The number of rotatable bonds is 8. The number of nitrogens with zero attached hydrogens (tertiary/aromatic N) is 1. The Morgan fingerprint density at radius 2 is 1.70 bits per heavy atom. The van der Waals surface area contributed by atoms with Crippen LogP contribution in [0.5, 0.6) is 0 Å². The van der Waals surface area contributed by atoms with E-state index in [0.29, 0.717) is 12.8 Å². The first-order valence-corrected chi connectivity index (χ1v) is 11.2. The average Bonchev–Trinajstić information content (AvgIpc) is 3.39. The minimum Gasteiger partial charge on any atom is -0.480 e. The maximum atomic E-state index is 12.9. The standard InChI is InChI=1S/C26H28N2O5/c1-2-14-28(15-24(29)30)25(31)21-12-7-13-23(21)27-26(32)33-16-22-19-10-5-3-8-17(19)18-9-4-6-11-20(18)22/h2-6,8-11,21-23H,1,7,12-16H2,(H,27,32)(H,29,30)/t21-,23+/m1/s1. The lowest BCUT2D eigenvalue weighted by Gasteiger charge is -2.26. The topological polar surface area (TPSA) is 95.9 Å². The molecule has 2 atom stereocenters. The Balaban J connectivity index is 1.39. The van der Waals surface area contributed by atoms with Crippen LogP contribution in [-0.4, -0.2) is 53.7 Å². The first-order chi connectivity index (χ1) is 16.0. The lowest BCUT2D eigenvalue weighted by atomic mass is 9.98. The highest BCUT2D eigenvalue weighted by Gasteiger charge is 2.37. The molecule has 0 unspecified atom stereocenters. The van der Waals surface area contributed by atoms with Crippen LogP contribution in [0.4, 0.5) is 4.79 Å².